The molecule has 0 fully saturated rings. The van der Waals surface area contributed by atoms with Crippen molar-refractivity contribution in [3.05, 3.63) is 56.8 Å². The third-order valence-corrected chi connectivity index (χ3v) is 9.03. The maximum atomic E-state index is 13.8. The van der Waals surface area contributed by atoms with E-state index in [1.807, 2.05) is 33.0 Å². The number of aryl methyl sites for hydroxylation is 1. The minimum absolute atomic E-state index is 0.101. The number of benzene rings is 1. The van der Waals surface area contributed by atoms with Crippen LogP contribution in [0.25, 0.3) is 17.0 Å². The normalized spacial score (nSPS) is 21.8. The van der Waals surface area contributed by atoms with Gasteiger partial charge in [0.15, 0.2) is 0 Å². The van der Waals surface area contributed by atoms with Crippen molar-refractivity contribution in [3.63, 3.8) is 0 Å². The largest absolute Gasteiger partial charge is 0.481 e. The fraction of sp³-hybridized carbons (Fsp3) is 0.545. The first-order chi connectivity index (χ1) is 18.6. The summed E-state index contributed by atoms with van der Waals surface area (Å²) >= 11 is 0. The Bertz CT molecular complexity index is 1350. The van der Waals surface area contributed by atoms with Gasteiger partial charge in [0, 0.05) is 36.2 Å². The lowest BCUT2D eigenvalue weighted by Gasteiger charge is -2.35. The van der Waals surface area contributed by atoms with Gasteiger partial charge in [0.2, 0.25) is 5.91 Å². The zero-order chi connectivity index (χ0) is 28.6. The Morgan fingerprint density at radius 3 is 2.41 bits per heavy atom. The van der Waals surface area contributed by atoms with E-state index < -0.39 is 11.9 Å². The van der Waals surface area contributed by atoms with Crippen LogP contribution in [-0.4, -0.2) is 52.9 Å². The number of hydrogen-bond acceptors (Lipinski definition) is 4. The van der Waals surface area contributed by atoms with Gasteiger partial charge in [-0.3, -0.25) is 9.59 Å². The number of nitrogens with zero attached hydrogens (tertiary/aromatic N) is 3. The molecule has 39 heavy (non-hydrogen) atoms. The number of carboxylic acids is 1. The number of carbonyl (C=O) groups is 2. The molecule has 3 atom stereocenters. The summed E-state index contributed by atoms with van der Waals surface area (Å²) in [4.78, 5) is 35.3. The molecule has 4 rings (SSSR count). The molecular formula is C33H45N3O3. The standard InChI is InChI=1S/C33H45N3O3/c1-9-19(5)25-17-28-30-24(20(25)10-2)14-16-29(35(6)7)31(30)26-18-36(8)32(37)21(11-3)23(13-15-27(26)34-28)22(12-4)33(38)39/h13,15,17,19,22,29H,9-12,14,16,18H2,1-8H3,(H,38,39)/b15-13+,23-21+. The molecule has 2 heterocycles. The zero-order valence-corrected chi connectivity index (χ0v) is 25.0. The number of aliphatic carboxylic acids is 1. The Morgan fingerprint density at radius 1 is 1.13 bits per heavy atom. The topological polar surface area (TPSA) is 73.7 Å². The van der Waals surface area contributed by atoms with Gasteiger partial charge >= 0.3 is 5.97 Å². The van der Waals surface area contributed by atoms with Crippen LogP contribution in [0.3, 0.4) is 0 Å². The number of pyridine rings is 1. The molecule has 1 amide bonds. The zero-order valence-electron chi connectivity index (χ0n) is 25.0. The lowest BCUT2D eigenvalue weighted by atomic mass is 9.77. The summed E-state index contributed by atoms with van der Waals surface area (Å²) in [6, 6.07) is 2.53. The second-order valence-corrected chi connectivity index (χ2v) is 11.5. The molecule has 2 aliphatic rings. The van der Waals surface area contributed by atoms with Crippen LogP contribution in [0.2, 0.25) is 0 Å². The maximum absolute atomic E-state index is 13.8. The first-order valence-corrected chi connectivity index (χ1v) is 14.7. The maximum Gasteiger partial charge on any atom is 0.310 e. The first kappa shape index (κ1) is 29.0. The minimum Gasteiger partial charge on any atom is -0.481 e. The predicted octanol–water partition coefficient (Wildman–Crippen LogP) is 6.66. The molecule has 6 nitrogen and oxygen atoms in total. The monoisotopic (exact) mass is 531 g/mol. The van der Waals surface area contributed by atoms with Gasteiger partial charge < -0.3 is 14.9 Å². The fourth-order valence-corrected chi connectivity index (χ4v) is 6.77. The van der Waals surface area contributed by atoms with Gasteiger partial charge in [-0.25, -0.2) is 4.98 Å². The first-order valence-electron chi connectivity index (χ1n) is 14.7. The van der Waals surface area contributed by atoms with Crippen LogP contribution in [0.5, 0.6) is 0 Å². The van der Waals surface area contributed by atoms with Crippen molar-refractivity contribution < 1.29 is 14.7 Å². The van der Waals surface area contributed by atoms with Crippen LogP contribution >= 0.6 is 0 Å². The molecule has 1 aromatic heterocycles. The second-order valence-electron chi connectivity index (χ2n) is 11.5. The number of carbonyl (C=O) groups excluding carboxylic acids is 1. The summed E-state index contributed by atoms with van der Waals surface area (Å²) in [5.41, 5.74) is 9.67. The number of aromatic nitrogens is 1. The molecule has 1 aromatic carbocycles. The third-order valence-electron chi connectivity index (χ3n) is 9.03. The number of amides is 1. The van der Waals surface area contributed by atoms with Crippen LogP contribution in [0, 0.1) is 5.92 Å². The third kappa shape index (κ3) is 5.04. The summed E-state index contributed by atoms with van der Waals surface area (Å²) in [5, 5.41) is 11.3. The highest BCUT2D eigenvalue weighted by Gasteiger charge is 2.33. The Kier molecular flexibility index (Phi) is 8.65. The Hall–Kier alpha value is -2.99. The van der Waals surface area contributed by atoms with E-state index in [2.05, 4.69) is 45.8 Å². The lowest BCUT2D eigenvalue weighted by Crippen LogP contribution is -2.32. The van der Waals surface area contributed by atoms with E-state index in [1.54, 1.807) is 4.90 Å². The van der Waals surface area contributed by atoms with Crippen LogP contribution in [-0.2, 0) is 29.0 Å². The molecule has 6 heteroatoms. The Balaban J connectivity index is 2.11. The number of carboxylic acid groups (broad SMARTS) is 1. The molecule has 210 valence electrons. The molecule has 0 spiro atoms. The van der Waals surface area contributed by atoms with Gasteiger partial charge in [0.1, 0.15) is 0 Å². The number of hydrogen-bond donors (Lipinski definition) is 1. The summed E-state index contributed by atoms with van der Waals surface area (Å²) in [5.74, 6) is -1.29. The molecule has 1 N–H and O–H groups in total. The number of rotatable bonds is 8. The van der Waals surface area contributed by atoms with E-state index in [4.69, 9.17) is 4.98 Å². The van der Waals surface area contributed by atoms with Gasteiger partial charge in [-0.2, -0.15) is 0 Å². The van der Waals surface area contributed by atoms with E-state index in [9.17, 15) is 14.7 Å². The number of likely N-dealkylation sites (N-methyl/N-ethyl adjacent to an activating group) is 1. The van der Waals surface area contributed by atoms with Crippen LogP contribution in [0.4, 0.5) is 0 Å². The van der Waals surface area contributed by atoms with Crippen molar-refractivity contribution in [2.24, 2.45) is 5.92 Å². The summed E-state index contributed by atoms with van der Waals surface area (Å²) in [7, 11) is 6.10. The highest BCUT2D eigenvalue weighted by atomic mass is 16.4. The fourth-order valence-electron chi connectivity index (χ4n) is 6.77. The molecular weight excluding hydrogens is 486 g/mol. The molecule has 1 aliphatic heterocycles. The van der Waals surface area contributed by atoms with Crippen molar-refractivity contribution in [2.75, 3.05) is 21.1 Å². The number of fused-ring (bicyclic) bond motifs is 2. The Labute approximate surface area is 233 Å². The average Bonchev–Trinajstić information content (AvgIpc) is 2.96. The van der Waals surface area contributed by atoms with Gasteiger partial charge in [0.25, 0.3) is 0 Å². The van der Waals surface area contributed by atoms with Crippen molar-refractivity contribution in [1.29, 1.82) is 0 Å². The number of allylic oxidation sites excluding steroid dienone is 1. The SMILES string of the molecule is CC/C1=C(C(CC)C(=O)O)/C=C/c2nc3cc(C(C)CC)c(CC)c4c3c(c2CN(C)C1=O)C(N(C)C)CC4. The summed E-state index contributed by atoms with van der Waals surface area (Å²) in [6.45, 7) is 11.0. The van der Waals surface area contributed by atoms with Crippen LogP contribution in [0.1, 0.15) is 106 Å². The van der Waals surface area contributed by atoms with Gasteiger partial charge in [0.05, 0.1) is 17.1 Å². The summed E-state index contributed by atoms with van der Waals surface area (Å²) in [6.07, 6.45) is 8.85. The van der Waals surface area contributed by atoms with Gasteiger partial charge in [-0.1, -0.05) is 40.7 Å². The molecule has 0 radical (unpaired) electrons. The van der Waals surface area contributed by atoms with Crippen molar-refractivity contribution in [1.82, 2.24) is 14.8 Å². The Morgan fingerprint density at radius 2 is 1.85 bits per heavy atom. The molecule has 0 saturated carbocycles. The summed E-state index contributed by atoms with van der Waals surface area (Å²) < 4.78 is 0. The van der Waals surface area contributed by atoms with Crippen molar-refractivity contribution in [3.8, 4) is 0 Å². The van der Waals surface area contributed by atoms with Crippen LogP contribution < -0.4 is 0 Å². The smallest absolute Gasteiger partial charge is 0.310 e. The van der Waals surface area contributed by atoms with E-state index in [0.29, 0.717) is 36.5 Å². The van der Waals surface area contributed by atoms with Gasteiger partial charge in [-0.05, 0) is 98.5 Å². The molecule has 0 bridgehead atoms. The molecule has 2 aromatic rings. The molecule has 0 saturated heterocycles. The van der Waals surface area contributed by atoms with E-state index in [0.717, 1.165) is 42.5 Å². The van der Waals surface area contributed by atoms with Gasteiger partial charge in [-0.15, -0.1) is 0 Å². The molecule has 3 unspecified atom stereocenters. The quantitative estimate of drug-likeness (QED) is 0.412. The highest BCUT2D eigenvalue weighted by Crippen LogP contribution is 2.45. The lowest BCUT2D eigenvalue weighted by molar-refractivity contribution is -0.140. The van der Waals surface area contributed by atoms with E-state index >= 15 is 0 Å². The van der Waals surface area contributed by atoms with E-state index in [1.165, 1.54) is 27.6 Å². The van der Waals surface area contributed by atoms with Crippen molar-refractivity contribution >= 4 is 28.9 Å². The minimum atomic E-state index is -0.901. The van der Waals surface area contributed by atoms with Crippen molar-refractivity contribution in [2.45, 2.75) is 91.6 Å². The second kappa shape index (κ2) is 11.6. The average molecular weight is 532 g/mol. The predicted molar refractivity (Wildman–Crippen MR) is 159 cm³/mol. The van der Waals surface area contributed by atoms with E-state index in [-0.39, 0.29) is 11.9 Å². The highest BCUT2D eigenvalue weighted by molar-refractivity contribution is 5.97. The van der Waals surface area contributed by atoms with Crippen LogP contribution in [0.15, 0.2) is 23.3 Å². The molecule has 1 aliphatic carbocycles.